The van der Waals surface area contributed by atoms with Crippen molar-refractivity contribution in [1.29, 1.82) is 0 Å². The number of hydrogen-bond donors (Lipinski definition) is 0. The van der Waals surface area contributed by atoms with Crippen molar-refractivity contribution in [2.45, 2.75) is 19.8 Å². The fourth-order valence-electron chi connectivity index (χ4n) is 1.48. The maximum Gasteiger partial charge on any atom is 0.234 e. The summed E-state index contributed by atoms with van der Waals surface area (Å²) in [6, 6.07) is 6.20. The number of carbonyl (C=O) groups excluding carboxylic acids is 1. The topological polar surface area (TPSA) is 56.0 Å². The Morgan fingerprint density at radius 3 is 3.00 bits per heavy atom. The van der Waals surface area contributed by atoms with E-state index in [9.17, 15) is 9.18 Å². The highest BCUT2D eigenvalue weighted by molar-refractivity contribution is 5.77. The number of ketones is 1. The van der Waals surface area contributed by atoms with Crippen LogP contribution in [-0.2, 0) is 17.6 Å². The van der Waals surface area contributed by atoms with Crippen molar-refractivity contribution in [2.75, 3.05) is 0 Å². The second kappa shape index (κ2) is 4.86. The highest BCUT2D eigenvalue weighted by Gasteiger charge is 2.09. The molecular weight excluding hydrogens is 223 g/mol. The zero-order chi connectivity index (χ0) is 12.3. The van der Waals surface area contributed by atoms with E-state index in [1.165, 1.54) is 19.1 Å². The second-order valence-electron chi connectivity index (χ2n) is 3.79. The SMILES string of the molecule is CC(=O)Cc1nc(Cc2cccc(F)c2)no1. The van der Waals surface area contributed by atoms with Gasteiger partial charge in [0.15, 0.2) is 5.82 Å². The van der Waals surface area contributed by atoms with Crippen molar-refractivity contribution in [2.24, 2.45) is 0 Å². The zero-order valence-corrected chi connectivity index (χ0v) is 9.31. The molecule has 0 unspecified atom stereocenters. The van der Waals surface area contributed by atoms with Gasteiger partial charge in [0.05, 0.1) is 6.42 Å². The molecule has 0 aliphatic rings. The molecule has 0 N–H and O–H groups in total. The summed E-state index contributed by atoms with van der Waals surface area (Å²) in [5.41, 5.74) is 0.764. The molecule has 0 saturated carbocycles. The fourth-order valence-corrected chi connectivity index (χ4v) is 1.48. The van der Waals surface area contributed by atoms with Crippen LogP contribution < -0.4 is 0 Å². The first kappa shape index (κ1) is 11.4. The van der Waals surface area contributed by atoms with Gasteiger partial charge in [0.25, 0.3) is 0 Å². The molecule has 4 nitrogen and oxygen atoms in total. The van der Waals surface area contributed by atoms with Gasteiger partial charge < -0.3 is 4.52 Å². The zero-order valence-electron chi connectivity index (χ0n) is 9.31. The van der Waals surface area contributed by atoms with Gasteiger partial charge in [-0.3, -0.25) is 4.79 Å². The van der Waals surface area contributed by atoms with Gasteiger partial charge in [-0.25, -0.2) is 4.39 Å². The Morgan fingerprint density at radius 1 is 1.47 bits per heavy atom. The van der Waals surface area contributed by atoms with Crippen LogP contribution >= 0.6 is 0 Å². The molecule has 17 heavy (non-hydrogen) atoms. The number of aromatic nitrogens is 2. The number of carbonyl (C=O) groups is 1. The van der Waals surface area contributed by atoms with Crippen LogP contribution in [0.1, 0.15) is 24.2 Å². The van der Waals surface area contributed by atoms with Crippen LogP contribution in [0.15, 0.2) is 28.8 Å². The lowest BCUT2D eigenvalue weighted by molar-refractivity contribution is -0.116. The molecule has 0 aliphatic carbocycles. The van der Waals surface area contributed by atoms with Gasteiger partial charge >= 0.3 is 0 Å². The van der Waals surface area contributed by atoms with Gasteiger partial charge in [-0.1, -0.05) is 17.3 Å². The van der Waals surface area contributed by atoms with Gasteiger partial charge in [-0.15, -0.1) is 0 Å². The molecule has 1 aromatic carbocycles. The first-order valence-corrected chi connectivity index (χ1v) is 5.19. The Labute approximate surface area is 97.5 Å². The smallest absolute Gasteiger partial charge is 0.234 e. The fraction of sp³-hybridized carbons (Fsp3) is 0.250. The molecule has 1 aromatic heterocycles. The average Bonchev–Trinajstić information content (AvgIpc) is 2.64. The molecule has 0 aliphatic heterocycles. The third-order valence-corrected chi connectivity index (χ3v) is 2.16. The minimum Gasteiger partial charge on any atom is -0.339 e. The molecule has 0 fully saturated rings. The molecule has 0 atom stereocenters. The summed E-state index contributed by atoms with van der Waals surface area (Å²) in [5, 5.41) is 3.73. The van der Waals surface area contributed by atoms with Crippen molar-refractivity contribution < 1.29 is 13.7 Å². The Balaban J connectivity index is 2.08. The summed E-state index contributed by atoms with van der Waals surface area (Å²) in [6.45, 7) is 1.45. The molecule has 2 aromatic rings. The van der Waals surface area contributed by atoms with E-state index in [1.54, 1.807) is 12.1 Å². The highest BCUT2D eigenvalue weighted by Crippen LogP contribution is 2.09. The first-order chi connectivity index (χ1) is 8.13. The normalized spacial score (nSPS) is 10.5. The molecule has 2 rings (SSSR count). The van der Waals surface area contributed by atoms with E-state index in [1.807, 2.05) is 0 Å². The molecular formula is C12H11FN2O2. The van der Waals surface area contributed by atoms with Gasteiger partial charge in [-0.05, 0) is 24.6 Å². The first-order valence-electron chi connectivity index (χ1n) is 5.19. The third-order valence-electron chi connectivity index (χ3n) is 2.16. The number of hydrogen-bond acceptors (Lipinski definition) is 4. The lowest BCUT2D eigenvalue weighted by Crippen LogP contribution is -1.97. The number of halogens is 1. The second-order valence-corrected chi connectivity index (χ2v) is 3.79. The summed E-state index contributed by atoms with van der Waals surface area (Å²) in [6.07, 6.45) is 0.523. The molecule has 0 saturated heterocycles. The summed E-state index contributed by atoms with van der Waals surface area (Å²) in [4.78, 5) is 14.9. The predicted molar refractivity (Wildman–Crippen MR) is 57.9 cm³/mol. The van der Waals surface area contributed by atoms with Crippen LogP contribution in [0.5, 0.6) is 0 Å². The van der Waals surface area contributed by atoms with E-state index in [0.29, 0.717) is 18.1 Å². The van der Waals surface area contributed by atoms with Crippen LogP contribution in [0.2, 0.25) is 0 Å². The molecule has 1 heterocycles. The molecule has 0 radical (unpaired) electrons. The van der Waals surface area contributed by atoms with E-state index in [0.717, 1.165) is 5.56 Å². The molecule has 5 heteroatoms. The lowest BCUT2D eigenvalue weighted by Gasteiger charge is -1.95. The van der Waals surface area contributed by atoms with E-state index in [-0.39, 0.29) is 18.0 Å². The Morgan fingerprint density at radius 2 is 2.29 bits per heavy atom. The standard InChI is InChI=1S/C12H11FN2O2/c1-8(16)5-12-14-11(15-17-12)7-9-3-2-4-10(13)6-9/h2-4,6H,5,7H2,1H3. The molecule has 88 valence electrons. The van der Waals surface area contributed by atoms with Crippen molar-refractivity contribution >= 4 is 5.78 Å². The summed E-state index contributed by atoms with van der Waals surface area (Å²) in [7, 11) is 0. The summed E-state index contributed by atoms with van der Waals surface area (Å²) < 4.78 is 17.8. The van der Waals surface area contributed by atoms with Crippen LogP contribution in [-0.4, -0.2) is 15.9 Å². The maximum atomic E-state index is 12.9. The van der Waals surface area contributed by atoms with Crippen LogP contribution in [0.25, 0.3) is 0 Å². The van der Waals surface area contributed by atoms with Gasteiger partial charge in [0.2, 0.25) is 5.89 Å². The van der Waals surface area contributed by atoms with Crippen LogP contribution in [0.3, 0.4) is 0 Å². The largest absolute Gasteiger partial charge is 0.339 e. The summed E-state index contributed by atoms with van der Waals surface area (Å²) in [5.74, 6) is 0.414. The minimum atomic E-state index is -0.296. The average molecular weight is 234 g/mol. The highest BCUT2D eigenvalue weighted by atomic mass is 19.1. The van der Waals surface area contributed by atoms with Crippen LogP contribution in [0, 0.1) is 5.82 Å². The third kappa shape index (κ3) is 3.21. The number of nitrogens with zero attached hydrogens (tertiary/aromatic N) is 2. The lowest BCUT2D eigenvalue weighted by atomic mass is 10.1. The Hall–Kier alpha value is -2.04. The van der Waals surface area contributed by atoms with Crippen molar-refractivity contribution in [1.82, 2.24) is 10.1 Å². The van der Waals surface area contributed by atoms with Crippen molar-refractivity contribution in [3.05, 3.63) is 47.4 Å². The van der Waals surface area contributed by atoms with E-state index in [4.69, 9.17) is 4.52 Å². The van der Waals surface area contributed by atoms with Gasteiger partial charge in [0.1, 0.15) is 11.6 Å². The number of Topliss-reactive ketones (excluding diaryl/α,β-unsaturated/α-hetero) is 1. The van der Waals surface area contributed by atoms with Gasteiger partial charge in [-0.2, -0.15) is 4.98 Å². The Kier molecular flexibility index (Phi) is 3.27. The molecule has 0 spiro atoms. The Bertz CT molecular complexity index is 537. The number of benzene rings is 1. The monoisotopic (exact) mass is 234 g/mol. The van der Waals surface area contributed by atoms with E-state index in [2.05, 4.69) is 10.1 Å². The minimum absolute atomic E-state index is 0.0362. The van der Waals surface area contributed by atoms with Crippen LogP contribution in [0.4, 0.5) is 4.39 Å². The van der Waals surface area contributed by atoms with E-state index < -0.39 is 0 Å². The van der Waals surface area contributed by atoms with Crippen molar-refractivity contribution in [3.63, 3.8) is 0 Å². The van der Waals surface area contributed by atoms with Gasteiger partial charge in [0, 0.05) is 6.42 Å². The number of rotatable bonds is 4. The van der Waals surface area contributed by atoms with E-state index >= 15 is 0 Å². The van der Waals surface area contributed by atoms with Crippen molar-refractivity contribution in [3.8, 4) is 0 Å². The molecule has 0 bridgehead atoms. The quantitative estimate of drug-likeness (QED) is 0.811. The predicted octanol–water partition coefficient (Wildman–Crippen LogP) is 1.93. The summed E-state index contributed by atoms with van der Waals surface area (Å²) >= 11 is 0. The molecule has 0 amide bonds. The maximum absolute atomic E-state index is 12.9.